The minimum atomic E-state index is -0.409. The molecule has 0 atom stereocenters. The molecule has 0 aliphatic rings. The molecule has 0 bridgehead atoms. The van der Waals surface area contributed by atoms with Crippen LogP contribution in [0.15, 0.2) is 46.7 Å². The summed E-state index contributed by atoms with van der Waals surface area (Å²) < 4.78 is 10.1. The molecule has 6 nitrogen and oxygen atoms in total. The van der Waals surface area contributed by atoms with Crippen LogP contribution in [-0.2, 0) is 9.47 Å². The molecule has 0 aliphatic heterocycles. The molecule has 2 aromatic rings. The van der Waals surface area contributed by atoms with Crippen LogP contribution in [0.3, 0.4) is 0 Å². The Hall–Kier alpha value is -1.71. The molecule has 0 unspecified atom stereocenters. The van der Waals surface area contributed by atoms with Crippen LogP contribution in [0.4, 0.5) is 0 Å². The van der Waals surface area contributed by atoms with Crippen molar-refractivity contribution >= 4 is 43.4 Å². The van der Waals surface area contributed by atoms with E-state index in [2.05, 4.69) is 9.97 Å². The highest BCUT2D eigenvalue weighted by Crippen LogP contribution is 2.44. The smallest absolute Gasteiger partial charge is 0.340 e. The second-order valence-electron chi connectivity index (χ2n) is 4.39. The summed E-state index contributed by atoms with van der Waals surface area (Å²) in [6, 6.07) is 6.71. The lowest BCUT2D eigenvalue weighted by atomic mass is 10.3. The summed E-state index contributed by atoms with van der Waals surface area (Å²) in [5.74, 6) is -0.817. The van der Waals surface area contributed by atoms with Gasteiger partial charge in [0.05, 0.1) is 24.3 Å². The third kappa shape index (κ3) is 5.65. The molecule has 0 N–H and O–H groups in total. The van der Waals surface area contributed by atoms with Crippen LogP contribution < -0.4 is 0 Å². The van der Waals surface area contributed by atoms with Crippen molar-refractivity contribution in [3.05, 3.63) is 47.8 Å². The zero-order valence-electron chi connectivity index (χ0n) is 13.6. The number of aromatic nitrogens is 2. The standard InChI is InChI=1S/C16H16N2O4S3/c1-3-21-15(19)11-7-5-9-17-13(11)23-25-24-14-12(8-6-10-18-14)16(20)22-4-2/h5-10H,3-4H2,1-2H3. The lowest BCUT2D eigenvalue weighted by Crippen LogP contribution is -2.07. The van der Waals surface area contributed by atoms with Gasteiger partial charge in [-0.15, -0.1) is 0 Å². The van der Waals surface area contributed by atoms with Crippen molar-refractivity contribution in [3.8, 4) is 0 Å². The van der Waals surface area contributed by atoms with Gasteiger partial charge in [0.15, 0.2) is 0 Å². The average Bonchev–Trinajstić information content (AvgIpc) is 2.63. The number of carbonyl (C=O) groups excluding carboxylic acids is 2. The SMILES string of the molecule is CCOC(=O)c1cccnc1SSSc1ncccc1C(=O)OCC. The van der Waals surface area contributed by atoms with Crippen LogP contribution in [-0.4, -0.2) is 35.1 Å². The van der Waals surface area contributed by atoms with Gasteiger partial charge in [-0.3, -0.25) is 0 Å². The van der Waals surface area contributed by atoms with Crippen molar-refractivity contribution in [2.24, 2.45) is 0 Å². The van der Waals surface area contributed by atoms with E-state index in [0.717, 1.165) is 0 Å². The van der Waals surface area contributed by atoms with Gasteiger partial charge in [-0.25, -0.2) is 19.6 Å². The van der Waals surface area contributed by atoms with Crippen molar-refractivity contribution in [3.63, 3.8) is 0 Å². The third-order valence-electron chi connectivity index (χ3n) is 2.76. The van der Waals surface area contributed by atoms with Crippen molar-refractivity contribution in [1.29, 1.82) is 0 Å². The zero-order chi connectivity index (χ0) is 18.1. The van der Waals surface area contributed by atoms with Crippen LogP contribution >= 0.6 is 31.4 Å². The maximum Gasteiger partial charge on any atom is 0.340 e. The molecule has 0 saturated carbocycles. The van der Waals surface area contributed by atoms with Crippen molar-refractivity contribution in [2.45, 2.75) is 23.9 Å². The first-order valence-corrected chi connectivity index (χ1v) is 10.9. The Labute approximate surface area is 157 Å². The molecule has 0 saturated heterocycles. The Balaban J connectivity index is 2.05. The van der Waals surface area contributed by atoms with Crippen LogP contribution in [0, 0.1) is 0 Å². The second-order valence-corrected chi connectivity index (χ2v) is 8.26. The predicted molar refractivity (Wildman–Crippen MR) is 99.7 cm³/mol. The van der Waals surface area contributed by atoms with Gasteiger partial charge in [0.25, 0.3) is 0 Å². The summed E-state index contributed by atoms with van der Waals surface area (Å²) >= 11 is 0. The molecule has 0 amide bonds. The minimum Gasteiger partial charge on any atom is -0.462 e. The number of hydrogen-bond donors (Lipinski definition) is 0. The molecule has 0 aromatic carbocycles. The molecular formula is C16H16N2O4S3. The number of ether oxygens (including phenoxy) is 2. The summed E-state index contributed by atoms with van der Waals surface area (Å²) in [7, 11) is 3.96. The predicted octanol–water partition coefficient (Wildman–Crippen LogP) is 4.28. The quantitative estimate of drug-likeness (QED) is 0.480. The lowest BCUT2D eigenvalue weighted by Gasteiger charge is -2.08. The fourth-order valence-electron chi connectivity index (χ4n) is 1.72. The van der Waals surface area contributed by atoms with Gasteiger partial charge in [0.1, 0.15) is 10.1 Å². The largest absolute Gasteiger partial charge is 0.462 e. The van der Waals surface area contributed by atoms with E-state index in [1.54, 1.807) is 50.5 Å². The van der Waals surface area contributed by atoms with E-state index >= 15 is 0 Å². The van der Waals surface area contributed by atoms with E-state index in [-0.39, 0.29) is 0 Å². The normalized spacial score (nSPS) is 10.3. The van der Waals surface area contributed by atoms with Crippen molar-refractivity contribution < 1.29 is 19.1 Å². The second kappa shape index (κ2) is 10.3. The Morgan fingerprint density at radius 1 is 0.880 bits per heavy atom. The molecule has 0 aliphatic carbocycles. The lowest BCUT2D eigenvalue weighted by molar-refractivity contribution is 0.0512. The number of pyridine rings is 2. The van der Waals surface area contributed by atoms with E-state index in [9.17, 15) is 9.59 Å². The highest BCUT2D eigenvalue weighted by molar-refractivity contribution is 9.09. The van der Waals surface area contributed by atoms with E-state index in [1.807, 2.05) is 0 Å². The van der Waals surface area contributed by atoms with Gasteiger partial charge in [-0.05, 0) is 69.5 Å². The van der Waals surface area contributed by atoms with Crippen molar-refractivity contribution in [1.82, 2.24) is 9.97 Å². The molecule has 0 spiro atoms. The number of nitrogens with zero attached hydrogens (tertiary/aromatic N) is 2. The topological polar surface area (TPSA) is 78.4 Å². The molecular weight excluding hydrogens is 380 g/mol. The number of esters is 2. The fraction of sp³-hybridized carbons (Fsp3) is 0.250. The molecule has 2 heterocycles. The molecule has 132 valence electrons. The minimum absolute atomic E-state index is 0.302. The molecule has 2 aromatic heterocycles. The summed E-state index contributed by atoms with van der Waals surface area (Å²) in [5, 5.41) is 1.10. The highest BCUT2D eigenvalue weighted by atomic mass is 33.5. The number of carbonyl (C=O) groups is 2. The summed E-state index contributed by atoms with van der Waals surface area (Å²) in [6.45, 7) is 4.11. The van der Waals surface area contributed by atoms with Crippen LogP contribution in [0.1, 0.15) is 34.6 Å². The van der Waals surface area contributed by atoms with Crippen LogP contribution in [0.25, 0.3) is 0 Å². The third-order valence-corrected chi connectivity index (χ3v) is 6.44. The Morgan fingerprint density at radius 2 is 1.32 bits per heavy atom. The number of hydrogen-bond acceptors (Lipinski definition) is 9. The highest BCUT2D eigenvalue weighted by Gasteiger charge is 2.17. The summed E-state index contributed by atoms with van der Waals surface area (Å²) in [5.41, 5.74) is 0.822. The van der Waals surface area contributed by atoms with E-state index in [1.165, 1.54) is 31.4 Å². The first kappa shape index (κ1) is 19.6. The van der Waals surface area contributed by atoms with Gasteiger partial charge in [0.2, 0.25) is 0 Å². The molecule has 2 rings (SSSR count). The Bertz CT molecular complexity index is 681. The summed E-state index contributed by atoms with van der Waals surface area (Å²) in [4.78, 5) is 32.3. The van der Waals surface area contributed by atoms with Crippen LogP contribution in [0.2, 0.25) is 0 Å². The first-order chi connectivity index (χ1) is 12.2. The van der Waals surface area contributed by atoms with Gasteiger partial charge in [-0.1, -0.05) is 0 Å². The molecule has 25 heavy (non-hydrogen) atoms. The maximum absolute atomic E-state index is 11.9. The Kier molecular flexibility index (Phi) is 8.10. The van der Waals surface area contributed by atoms with Gasteiger partial charge in [-0.2, -0.15) is 0 Å². The molecule has 0 radical (unpaired) electrons. The van der Waals surface area contributed by atoms with E-state index in [4.69, 9.17) is 9.47 Å². The van der Waals surface area contributed by atoms with Crippen molar-refractivity contribution in [2.75, 3.05) is 13.2 Å². The zero-order valence-corrected chi connectivity index (χ0v) is 16.1. The van der Waals surface area contributed by atoms with Crippen LogP contribution in [0.5, 0.6) is 0 Å². The fourth-order valence-corrected chi connectivity index (χ4v) is 5.33. The van der Waals surface area contributed by atoms with Gasteiger partial charge < -0.3 is 9.47 Å². The Morgan fingerprint density at radius 3 is 1.72 bits per heavy atom. The van der Waals surface area contributed by atoms with Gasteiger partial charge in [0, 0.05) is 12.4 Å². The molecule has 9 heteroatoms. The molecule has 0 fully saturated rings. The van der Waals surface area contributed by atoms with E-state index < -0.39 is 11.9 Å². The van der Waals surface area contributed by atoms with E-state index in [0.29, 0.717) is 34.4 Å². The monoisotopic (exact) mass is 396 g/mol. The first-order valence-electron chi connectivity index (χ1n) is 7.42. The number of rotatable bonds is 8. The average molecular weight is 397 g/mol. The maximum atomic E-state index is 11.9. The van der Waals surface area contributed by atoms with Gasteiger partial charge >= 0.3 is 11.9 Å². The summed E-state index contributed by atoms with van der Waals surface area (Å²) in [6.07, 6.45) is 3.22.